The highest BCUT2D eigenvalue weighted by Crippen LogP contribution is 2.36. The number of carbonyl (C=O) groups is 1. The minimum absolute atomic E-state index is 0.0648. The molecule has 1 aliphatic rings. The van der Waals surface area contributed by atoms with Crippen LogP contribution in [0.3, 0.4) is 0 Å². The van der Waals surface area contributed by atoms with Crippen molar-refractivity contribution in [1.82, 2.24) is 0 Å². The van der Waals surface area contributed by atoms with Gasteiger partial charge < -0.3 is 9.47 Å². The van der Waals surface area contributed by atoms with Gasteiger partial charge in [-0.05, 0) is 56.3 Å². The predicted octanol–water partition coefficient (Wildman–Crippen LogP) is 8.13. The van der Waals surface area contributed by atoms with Gasteiger partial charge in [-0.1, -0.05) is 108 Å². The number of unbranched alkanes of at least 4 members (excludes halogenated alkanes) is 1. The molecule has 38 heavy (non-hydrogen) atoms. The molecule has 1 aliphatic carbocycles. The van der Waals surface area contributed by atoms with Gasteiger partial charge in [0.2, 0.25) is 0 Å². The summed E-state index contributed by atoms with van der Waals surface area (Å²) in [5, 5.41) is 0. The minimum atomic E-state index is -0.563. The molecule has 1 saturated carbocycles. The molecule has 2 aromatic carbocycles. The highest BCUT2D eigenvalue weighted by atomic mass is 16.5. The molecule has 0 aliphatic heterocycles. The monoisotopic (exact) mass is 519 g/mol. The van der Waals surface area contributed by atoms with E-state index in [1.165, 1.54) is 12.8 Å². The molecule has 0 N–H and O–H groups in total. The van der Waals surface area contributed by atoms with Gasteiger partial charge in [0, 0.05) is 17.7 Å². The molecule has 4 heteroatoms. The van der Waals surface area contributed by atoms with Crippen LogP contribution in [0.5, 0.6) is 0 Å². The van der Waals surface area contributed by atoms with Crippen molar-refractivity contribution >= 4 is 11.7 Å². The van der Waals surface area contributed by atoms with Crippen molar-refractivity contribution in [2.24, 2.45) is 28.7 Å². The van der Waals surface area contributed by atoms with Crippen LogP contribution in [0.1, 0.15) is 90.7 Å². The first kappa shape index (κ1) is 30.1. The van der Waals surface area contributed by atoms with E-state index in [4.69, 9.17) is 14.5 Å². The Hall–Kier alpha value is -2.46. The molecule has 0 bridgehead atoms. The summed E-state index contributed by atoms with van der Waals surface area (Å²) in [5.74, 6) is 1.78. The van der Waals surface area contributed by atoms with Crippen LogP contribution in [0.4, 0.5) is 0 Å². The lowest BCUT2D eigenvalue weighted by Gasteiger charge is -2.37. The van der Waals surface area contributed by atoms with Gasteiger partial charge in [0.25, 0.3) is 0 Å². The third-order valence-electron chi connectivity index (χ3n) is 8.05. The molecule has 4 nitrogen and oxygen atoms in total. The summed E-state index contributed by atoms with van der Waals surface area (Å²) < 4.78 is 12.2. The first-order valence-electron chi connectivity index (χ1n) is 14.9. The van der Waals surface area contributed by atoms with Gasteiger partial charge in [-0.25, -0.2) is 4.79 Å². The van der Waals surface area contributed by atoms with Gasteiger partial charge in [0.15, 0.2) is 6.04 Å². The minimum Gasteiger partial charge on any atom is -0.464 e. The zero-order valence-corrected chi connectivity index (χ0v) is 24.3. The second-order valence-corrected chi connectivity index (χ2v) is 11.3. The van der Waals surface area contributed by atoms with Crippen molar-refractivity contribution in [3.05, 3.63) is 71.8 Å². The maximum atomic E-state index is 13.4. The van der Waals surface area contributed by atoms with E-state index in [-0.39, 0.29) is 11.9 Å². The second kappa shape index (κ2) is 15.8. The normalized spacial score (nSPS) is 21.1. The fourth-order valence-electron chi connectivity index (χ4n) is 5.83. The lowest BCUT2D eigenvalue weighted by atomic mass is 9.75. The molecule has 1 fully saturated rings. The van der Waals surface area contributed by atoms with Crippen LogP contribution in [0.25, 0.3) is 0 Å². The molecule has 208 valence electrons. The van der Waals surface area contributed by atoms with Crippen molar-refractivity contribution < 1.29 is 14.3 Å². The largest absolute Gasteiger partial charge is 0.464 e. The molecule has 2 aromatic rings. The summed E-state index contributed by atoms with van der Waals surface area (Å²) >= 11 is 0. The van der Waals surface area contributed by atoms with Gasteiger partial charge in [0.1, 0.15) is 0 Å². The van der Waals surface area contributed by atoms with Crippen LogP contribution in [-0.2, 0) is 14.3 Å². The lowest BCUT2D eigenvalue weighted by Crippen LogP contribution is -2.36. The maximum Gasteiger partial charge on any atom is 0.331 e. The van der Waals surface area contributed by atoms with Gasteiger partial charge in [-0.2, -0.15) is 0 Å². The van der Waals surface area contributed by atoms with Crippen molar-refractivity contribution in [2.75, 3.05) is 13.2 Å². The molecule has 5 atom stereocenters. The van der Waals surface area contributed by atoms with E-state index < -0.39 is 6.04 Å². The summed E-state index contributed by atoms with van der Waals surface area (Å²) in [6.07, 6.45) is 7.85. The number of aliphatic imine (C=N–C) groups is 1. The third-order valence-corrected chi connectivity index (χ3v) is 8.05. The molecule has 0 unspecified atom stereocenters. The highest BCUT2D eigenvalue weighted by Gasteiger charge is 2.33. The topological polar surface area (TPSA) is 47.9 Å². The van der Waals surface area contributed by atoms with E-state index in [0.29, 0.717) is 37.1 Å². The first-order chi connectivity index (χ1) is 18.4. The number of hydrogen-bond donors (Lipinski definition) is 0. The van der Waals surface area contributed by atoms with Crippen LogP contribution in [-0.4, -0.2) is 37.0 Å². The fourth-order valence-corrected chi connectivity index (χ4v) is 5.83. The molecule has 0 amide bonds. The zero-order valence-electron chi connectivity index (χ0n) is 24.3. The van der Waals surface area contributed by atoms with Crippen molar-refractivity contribution in [3.63, 3.8) is 0 Å². The Balaban J connectivity index is 1.89. The van der Waals surface area contributed by atoms with Gasteiger partial charge >= 0.3 is 5.97 Å². The van der Waals surface area contributed by atoms with Crippen LogP contribution < -0.4 is 0 Å². The quantitative estimate of drug-likeness (QED) is 0.187. The van der Waals surface area contributed by atoms with E-state index in [9.17, 15) is 4.79 Å². The number of esters is 1. The fraction of sp³-hybridized carbons (Fsp3) is 0.588. The van der Waals surface area contributed by atoms with Gasteiger partial charge in [-0.15, -0.1) is 0 Å². The number of ether oxygens (including phenoxy) is 2. The molecular formula is C34H49NO3. The predicted molar refractivity (Wildman–Crippen MR) is 158 cm³/mol. The standard InChI is InChI=1S/C34H49NO3/c1-6-8-15-29(22-23-38-31-24-26(5)20-21-30(31)25(3)4)33(34(36)37-7-2)35-32(27-16-11-9-12-17-27)28-18-13-10-14-19-28/h9-14,16-19,25-26,29-31,33H,6-8,15,20-24H2,1-5H3/t26-,29+,30+,31-,33+/m0/s1. The number of benzene rings is 2. The summed E-state index contributed by atoms with van der Waals surface area (Å²) in [5.41, 5.74) is 2.86. The lowest BCUT2D eigenvalue weighted by molar-refractivity contribution is -0.146. The Morgan fingerprint density at radius 1 is 0.947 bits per heavy atom. The summed E-state index contributed by atoms with van der Waals surface area (Å²) in [7, 11) is 0. The van der Waals surface area contributed by atoms with E-state index in [2.05, 4.69) is 52.0 Å². The zero-order chi connectivity index (χ0) is 27.3. The number of nitrogens with zero attached hydrogens (tertiary/aromatic N) is 1. The Bertz CT molecular complexity index is 930. The number of hydrogen-bond acceptors (Lipinski definition) is 4. The molecule has 0 heterocycles. The molecule has 3 rings (SSSR count). The maximum absolute atomic E-state index is 13.4. The Labute approximate surface area is 231 Å². The van der Waals surface area contributed by atoms with E-state index in [1.807, 2.05) is 43.3 Å². The SMILES string of the molecule is CCCC[C@H](CCO[C@H]1C[C@@H](C)CC[C@@H]1C(C)C)[C@@H](N=C(c1ccccc1)c1ccccc1)C(=O)OCC. The first-order valence-corrected chi connectivity index (χ1v) is 14.9. The highest BCUT2D eigenvalue weighted by molar-refractivity contribution is 6.13. The van der Waals surface area contributed by atoms with E-state index in [1.54, 1.807) is 0 Å². The molecule has 0 spiro atoms. The molecule has 0 saturated heterocycles. The second-order valence-electron chi connectivity index (χ2n) is 11.3. The summed E-state index contributed by atoms with van der Waals surface area (Å²) in [4.78, 5) is 18.6. The Morgan fingerprint density at radius 2 is 1.58 bits per heavy atom. The van der Waals surface area contributed by atoms with Gasteiger partial charge in [0.05, 0.1) is 18.4 Å². The molecular weight excluding hydrogens is 470 g/mol. The molecule has 0 radical (unpaired) electrons. The number of carbonyl (C=O) groups excluding carboxylic acids is 1. The third kappa shape index (κ3) is 8.80. The van der Waals surface area contributed by atoms with Crippen molar-refractivity contribution in [3.8, 4) is 0 Å². The Morgan fingerprint density at radius 3 is 2.13 bits per heavy atom. The average Bonchev–Trinajstić information content (AvgIpc) is 2.92. The van der Waals surface area contributed by atoms with E-state index in [0.717, 1.165) is 48.9 Å². The smallest absolute Gasteiger partial charge is 0.331 e. The van der Waals surface area contributed by atoms with Crippen molar-refractivity contribution in [2.45, 2.75) is 91.7 Å². The van der Waals surface area contributed by atoms with Crippen LogP contribution in [0, 0.1) is 23.7 Å². The molecule has 0 aromatic heterocycles. The van der Waals surface area contributed by atoms with E-state index >= 15 is 0 Å². The van der Waals surface area contributed by atoms with Crippen LogP contribution in [0.2, 0.25) is 0 Å². The Kier molecular flexibility index (Phi) is 12.5. The van der Waals surface area contributed by atoms with Crippen molar-refractivity contribution in [1.29, 1.82) is 0 Å². The van der Waals surface area contributed by atoms with Crippen LogP contribution >= 0.6 is 0 Å². The summed E-state index contributed by atoms with van der Waals surface area (Å²) in [6, 6.07) is 19.8. The number of rotatable bonds is 14. The van der Waals surface area contributed by atoms with Gasteiger partial charge in [-0.3, -0.25) is 4.99 Å². The van der Waals surface area contributed by atoms with Crippen LogP contribution in [0.15, 0.2) is 65.7 Å². The average molecular weight is 520 g/mol. The summed E-state index contributed by atoms with van der Waals surface area (Å²) in [6.45, 7) is 12.1.